The molecule has 0 amide bonds. The Balaban J connectivity index is 2.86. The van der Waals surface area contributed by atoms with Crippen LogP contribution in [-0.4, -0.2) is 41.5 Å². The van der Waals surface area contributed by atoms with Gasteiger partial charge >= 0.3 is 11.9 Å². The highest BCUT2D eigenvalue weighted by molar-refractivity contribution is 6.31. The molecule has 30 heavy (non-hydrogen) atoms. The Bertz CT molecular complexity index is 969. The molecule has 160 valence electrons. The number of carbonyl (C=O) groups excluding carboxylic acids is 2. The van der Waals surface area contributed by atoms with E-state index in [0.717, 1.165) is 6.21 Å². The first kappa shape index (κ1) is 22.9. The minimum absolute atomic E-state index is 0.0254. The van der Waals surface area contributed by atoms with Crippen LogP contribution >= 0.6 is 11.6 Å². The minimum Gasteiger partial charge on any atom is -0.463 e. The van der Waals surface area contributed by atoms with Crippen LogP contribution in [0.1, 0.15) is 32.3 Å². The second kappa shape index (κ2) is 9.88. The molecule has 0 saturated heterocycles. The van der Waals surface area contributed by atoms with Gasteiger partial charge in [0.2, 0.25) is 0 Å². The summed E-state index contributed by atoms with van der Waals surface area (Å²) in [6, 6.07) is 3.69. The van der Waals surface area contributed by atoms with E-state index in [1.165, 1.54) is 18.2 Å². The van der Waals surface area contributed by atoms with Crippen LogP contribution in [-0.2, 0) is 19.1 Å². The van der Waals surface area contributed by atoms with Gasteiger partial charge in [-0.05, 0) is 32.4 Å². The lowest BCUT2D eigenvalue weighted by Gasteiger charge is -2.30. The Kier molecular flexibility index (Phi) is 7.54. The van der Waals surface area contributed by atoms with Gasteiger partial charge in [0.1, 0.15) is 0 Å². The van der Waals surface area contributed by atoms with E-state index in [9.17, 15) is 19.7 Å². The molecule has 1 aromatic carbocycles. The van der Waals surface area contributed by atoms with Gasteiger partial charge in [0.15, 0.2) is 0 Å². The number of hydrogen-bond donors (Lipinski definition) is 2. The van der Waals surface area contributed by atoms with Crippen LogP contribution in [0.5, 0.6) is 0 Å². The van der Waals surface area contributed by atoms with Gasteiger partial charge in [0.25, 0.3) is 5.69 Å². The number of esters is 2. The van der Waals surface area contributed by atoms with Crippen LogP contribution in [0, 0.1) is 10.1 Å². The fourth-order valence-electron chi connectivity index (χ4n) is 3.11. The van der Waals surface area contributed by atoms with E-state index in [1.807, 2.05) is 0 Å². The summed E-state index contributed by atoms with van der Waals surface area (Å²) >= 11 is 6.33. The number of hydrogen-bond acceptors (Lipinski definition) is 9. The monoisotopic (exact) mass is 437 g/mol. The number of rotatable bonds is 7. The van der Waals surface area contributed by atoms with Crippen molar-refractivity contribution in [3.05, 3.63) is 61.4 Å². The number of nitrogens with zero attached hydrogens (tertiary/aromatic N) is 2. The second-order valence-corrected chi connectivity index (χ2v) is 6.48. The van der Waals surface area contributed by atoms with E-state index in [1.54, 1.807) is 20.8 Å². The number of nitro groups is 1. The summed E-state index contributed by atoms with van der Waals surface area (Å²) in [4.78, 5) is 36.3. The molecule has 0 aromatic heterocycles. The lowest BCUT2D eigenvalue weighted by Crippen LogP contribution is -2.34. The van der Waals surface area contributed by atoms with Crippen molar-refractivity contribution in [1.82, 2.24) is 5.32 Å². The lowest BCUT2D eigenvalue weighted by molar-refractivity contribution is -0.384. The smallest absolute Gasteiger partial charge is 0.337 e. The fraction of sp³-hybridized carbons (Fsp3) is 0.316. The maximum atomic E-state index is 12.8. The number of carbonyl (C=O) groups is 2. The second-order valence-electron chi connectivity index (χ2n) is 6.07. The Morgan fingerprint density at radius 2 is 1.87 bits per heavy atom. The predicted octanol–water partition coefficient (Wildman–Crippen LogP) is 3.05. The van der Waals surface area contributed by atoms with Crippen molar-refractivity contribution in [2.45, 2.75) is 26.7 Å². The Labute approximate surface area is 176 Å². The highest BCUT2D eigenvalue weighted by Gasteiger charge is 2.40. The Morgan fingerprint density at radius 3 is 2.40 bits per heavy atom. The molecule has 0 fully saturated rings. The quantitative estimate of drug-likeness (QED) is 0.218. The van der Waals surface area contributed by atoms with Gasteiger partial charge in [-0.3, -0.25) is 10.1 Å². The van der Waals surface area contributed by atoms with E-state index in [-0.39, 0.29) is 46.3 Å². The van der Waals surface area contributed by atoms with E-state index < -0.39 is 22.8 Å². The van der Waals surface area contributed by atoms with Gasteiger partial charge < -0.3 is 20.0 Å². The largest absolute Gasteiger partial charge is 0.463 e. The lowest BCUT2D eigenvalue weighted by atomic mass is 9.80. The van der Waals surface area contributed by atoms with Gasteiger partial charge in [0, 0.05) is 22.9 Å². The summed E-state index contributed by atoms with van der Waals surface area (Å²) in [6.07, 6.45) is 0.968. The van der Waals surface area contributed by atoms with Crippen molar-refractivity contribution in [1.29, 1.82) is 0 Å². The van der Waals surface area contributed by atoms with Crippen LogP contribution in [0.25, 0.3) is 0 Å². The molecule has 1 aliphatic rings. The van der Waals surface area contributed by atoms with Crippen LogP contribution in [0.15, 0.2) is 45.9 Å². The summed E-state index contributed by atoms with van der Waals surface area (Å²) in [6.45, 7) is 4.85. The summed E-state index contributed by atoms with van der Waals surface area (Å²) in [5.74, 6) is -2.72. The average molecular weight is 438 g/mol. The van der Waals surface area contributed by atoms with Crippen molar-refractivity contribution >= 4 is 35.4 Å². The van der Waals surface area contributed by atoms with Crippen molar-refractivity contribution in [3.8, 4) is 0 Å². The summed E-state index contributed by atoms with van der Waals surface area (Å²) < 4.78 is 10.3. The molecule has 1 unspecified atom stereocenters. The van der Waals surface area contributed by atoms with Gasteiger partial charge in [0.05, 0.1) is 47.1 Å². The Morgan fingerprint density at radius 1 is 1.27 bits per heavy atom. The maximum absolute atomic E-state index is 12.8. The number of oxime groups is 1. The van der Waals surface area contributed by atoms with Gasteiger partial charge in [-0.15, -0.1) is 0 Å². The number of halogens is 1. The third kappa shape index (κ3) is 4.60. The summed E-state index contributed by atoms with van der Waals surface area (Å²) in [5, 5.41) is 26.2. The zero-order chi connectivity index (χ0) is 22.4. The van der Waals surface area contributed by atoms with Gasteiger partial charge in [-0.25, -0.2) is 9.59 Å². The molecule has 1 aliphatic heterocycles. The highest BCUT2D eigenvalue weighted by Crippen LogP contribution is 2.42. The first-order valence-electron chi connectivity index (χ1n) is 8.94. The average Bonchev–Trinajstić information content (AvgIpc) is 2.68. The van der Waals surface area contributed by atoms with Gasteiger partial charge in [-0.2, -0.15) is 0 Å². The third-order valence-corrected chi connectivity index (χ3v) is 4.62. The summed E-state index contributed by atoms with van der Waals surface area (Å²) in [5.41, 5.74) is 0.108. The van der Waals surface area contributed by atoms with E-state index in [0.29, 0.717) is 5.70 Å². The standard InChI is InChI=1S/C19H20ClN3O7/c1-4-29-18(24)15-10(3)22-14(9-21-26)17(19(25)30-5-2)16(15)12-8-11(23(27)28)6-7-13(12)20/h6-9,16,22,26H,4-5H2,1-3H3. The van der Waals surface area contributed by atoms with Crippen molar-refractivity contribution in [2.24, 2.45) is 5.16 Å². The third-order valence-electron chi connectivity index (χ3n) is 4.27. The zero-order valence-electron chi connectivity index (χ0n) is 16.5. The minimum atomic E-state index is -1.16. The first-order valence-corrected chi connectivity index (χ1v) is 9.31. The number of allylic oxidation sites excluding steroid dienone is 2. The van der Waals surface area contributed by atoms with Crippen LogP contribution in [0.3, 0.4) is 0 Å². The molecule has 0 spiro atoms. The molecular weight excluding hydrogens is 418 g/mol. The molecule has 1 atom stereocenters. The first-order chi connectivity index (χ1) is 14.3. The Hall–Kier alpha value is -3.40. The molecule has 2 N–H and O–H groups in total. The van der Waals surface area contributed by atoms with Crippen LogP contribution in [0.2, 0.25) is 5.02 Å². The van der Waals surface area contributed by atoms with Crippen molar-refractivity contribution < 1.29 is 29.2 Å². The molecule has 2 rings (SSSR count). The van der Waals surface area contributed by atoms with Crippen LogP contribution in [0.4, 0.5) is 5.69 Å². The van der Waals surface area contributed by atoms with E-state index >= 15 is 0 Å². The molecule has 0 radical (unpaired) electrons. The fourth-order valence-corrected chi connectivity index (χ4v) is 3.33. The van der Waals surface area contributed by atoms with Crippen LogP contribution < -0.4 is 5.32 Å². The number of non-ortho nitro benzene ring substituents is 1. The summed E-state index contributed by atoms with van der Waals surface area (Å²) in [7, 11) is 0. The molecule has 0 aliphatic carbocycles. The molecule has 1 heterocycles. The van der Waals surface area contributed by atoms with E-state index in [4.69, 9.17) is 26.3 Å². The van der Waals surface area contributed by atoms with Crippen molar-refractivity contribution in [3.63, 3.8) is 0 Å². The molecule has 0 saturated carbocycles. The highest BCUT2D eigenvalue weighted by atomic mass is 35.5. The normalized spacial score (nSPS) is 16.5. The molecule has 11 heteroatoms. The number of benzene rings is 1. The molecular formula is C19H20ClN3O7. The number of nitrogens with one attached hydrogen (secondary N) is 1. The number of ether oxygens (including phenoxy) is 2. The molecule has 0 bridgehead atoms. The number of nitro benzene ring substituents is 1. The molecule has 10 nitrogen and oxygen atoms in total. The van der Waals surface area contributed by atoms with E-state index in [2.05, 4.69) is 10.5 Å². The number of dihydropyridines is 1. The zero-order valence-corrected chi connectivity index (χ0v) is 17.2. The SMILES string of the molecule is CCOC(=O)C1=C(C)NC(C=NO)=C(C(=O)OCC)C1c1cc([N+](=O)[O-])ccc1Cl. The maximum Gasteiger partial charge on any atom is 0.337 e. The molecule has 1 aromatic rings. The predicted molar refractivity (Wildman–Crippen MR) is 107 cm³/mol. The van der Waals surface area contributed by atoms with Crippen molar-refractivity contribution in [2.75, 3.05) is 13.2 Å². The van der Waals surface area contributed by atoms with Gasteiger partial charge in [-0.1, -0.05) is 16.8 Å². The topological polar surface area (TPSA) is 140 Å².